The predicted molar refractivity (Wildman–Crippen MR) is 31.8 cm³/mol. The number of nitro groups is 1. The van der Waals surface area contributed by atoms with Gasteiger partial charge in [0.05, 0.1) is 0 Å². The van der Waals surface area contributed by atoms with Crippen molar-refractivity contribution in [2.75, 3.05) is 0 Å². The normalized spacial score (nSPS) is 15.0. The second kappa shape index (κ2) is 2.40. The Morgan fingerprint density at radius 1 is 1.67 bits per heavy atom. The summed E-state index contributed by atoms with van der Waals surface area (Å²) >= 11 is -2.41. The van der Waals surface area contributed by atoms with Crippen LogP contribution in [0.1, 0.15) is 13.8 Å². The van der Waals surface area contributed by atoms with Gasteiger partial charge in [-0.3, -0.25) is 10.1 Å². The summed E-state index contributed by atoms with van der Waals surface area (Å²) in [6, 6.07) is 0. The third-order valence-electron chi connectivity index (χ3n) is 0.867. The van der Waals surface area contributed by atoms with Crippen molar-refractivity contribution in [3.8, 4) is 0 Å². The van der Waals surface area contributed by atoms with E-state index >= 15 is 0 Å². The molecule has 54 valence electrons. The molecule has 0 aliphatic carbocycles. The van der Waals surface area contributed by atoms with E-state index in [0.717, 1.165) is 13.8 Å². The van der Waals surface area contributed by atoms with Crippen molar-refractivity contribution in [3.05, 3.63) is 10.1 Å². The maximum atomic E-state index is 10.1. The molecule has 0 rings (SSSR count). The molecule has 0 aliphatic rings. The van der Waals surface area contributed by atoms with Crippen molar-refractivity contribution in [3.63, 3.8) is 0 Å². The molecule has 0 saturated carbocycles. The van der Waals surface area contributed by atoms with E-state index in [9.17, 15) is 14.3 Å². The van der Waals surface area contributed by atoms with Crippen molar-refractivity contribution < 1.29 is 13.7 Å². The zero-order chi connectivity index (χ0) is 7.65. The monoisotopic (exact) mass is 153 g/mol. The van der Waals surface area contributed by atoms with Crippen LogP contribution < -0.4 is 0 Å². The van der Waals surface area contributed by atoms with Crippen molar-refractivity contribution in [1.29, 1.82) is 0 Å². The molecule has 9 heavy (non-hydrogen) atoms. The summed E-state index contributed by atoms with van der Waals surface area (Å²) in [6.45, 7) is 2.17. The molecule has 0 spiro atoms. The highest BCUT2D eigenvalue weighted by molar-refractivity contribution is 7.80. The fourth-order valence-corrected chi connectivity index (χ4v) is 0.191. The first-order chi connectivity index (χ1) is 3.89. The van der Waals surface area contributed by atoms with Gasteiger partial charge < -0.3 is 4.55 Å². The topological polar surface area (TPSA) is 80.4 Å². The average Bonchev–Trinajstić information content (AvgIpc) is 1.65. The predicted octanol–water partition coefficient (Wildman–Crippen LogP) is 0.221. The van der Waals surface area contributed by atoms with Gasteiger partial charge in [-0.05, 0) is 0 Å². The van der Waals surface area contributed by atoms with Crippen molar-refractivity contribution in [2.24, 2.45) is 0 Å². The number of hydrogen-bond acceptors (Lipinski definition) is 3. The molecular weight excluding hydrogens is 146 g/mol. The minimum absolute atomic E-state index is 0.789. The van der Waals surface area contributed by atoms with Gasteiger partial charge in [-0.1, -0.05) is 0 Å². The third-order valence-corrected chi connectivity index (χ3v) is 1.87. The molecule has 1 N–H and O–H groups in total. The molecule has 1 unspecified atom stereocenters. The minimum atomic E-state index is -2.41. The van der Waals surface area contributed by atoms with E-state index in [2.05, 4.69) is 0 Å². The molecule has 5 nitrogen and oxygen atoms in total. The highest BCUT2D eigenvalue weighted by atomic mass is 32.2. The van der Waals surface area contributed by atoms with Crippen LogP contribution in [0.15, 0.2) is 0 Å². The molecule has 0 fully saturated rings. The molecule has 0 heterocycles. The molecule has 0 bridgehead atoms. The molecule has 6 heteroatoms. The van der Waals surface area contributed by atoms with Gasteiger partial charge in [0.1, 0.15) is 0 Å². The van der Waals surface area contributed by atoms with E-state index in [1.165, 1.54) is 0 Å². The Kier molecular flexibility index (Phi) is 2.27. The van der Waals surface area contributed by atoms with Gasteiger partial charge in [-0.2, -0.15) is 0 Å². The molecule has 0 aromatic carbocycles. The number of hydrogen-bond donors (Lipinski definition) is 1. The van der Waals surface area contributed by atoms with E-state index < -0.39 is 20.9 Å². The largest absolute Gasteiger partial charge is 0.313 e. The highest BCUT2D eigenvalue weighted by Crippen LogP contribution is 2.09. The Morgan fingerprint density at radius 2 is 2.00 bits per heavy atom. The van der Waals surface area contributed by atoms with Crippen molar-refractivity contribution >= 4 is 11.1 Å². The van der Waals surface area contributed by atoms with E-state index in [1.807, 2.05) is 0 Å². The van der Waals surface area contributed by atoms with E-state index in [1.54, 1.807) is 0 Å². The summed E-state index contributed by atoms with van der Waals surface area (Å²) in [7, 11) is 0. The van der Waals surface area contributed by atoms with E-state index in [0.29, 0.717) is 0 Å². The Labute approximate surface area is 54.5 Å². The van der Waals surface area contributed by atoms with Gasteiger partial charge in [-0.15, -0.1) is 0 Å². The van der Waals surface area contributed by atoms with Gasteiger partial charge in [0.2, 0.25) is 11.1 Å². The molecular formula is C3H7NO4S. The Bertz CT molecular complexity index is 138. The SMILES string of the molecule is CC(C)([N+](=O)[O-])S(=O)O. The minimum Gasteiger partial charge on any atom is -0.301 e. The molecule has 1 atom stereocenters. The van der Waals surface area contributed by atoms with E-state index in [-0.39, 0.29) is 0 Å². The summed E-state index contributed by atoms with van der Waals surface area (Å²) in [5.74, 6) is 0. The van der Waals surface area contributed by atoms with Gasteiger partial charge in [0.25, 0.3) is 0 Å². The van der Waals surface area contributed by atoms with Crippen LogP contribution in [0.4, 0.5) is 0 Å². The maximum absolute atomic E-state index is 10.1. The maximum Gasteiger partial charge on any atom is 0.313 e. The lowest BCUT2D eigenvalue weighted by molar-refractivity contribution is -0.531. The first-order valence-electron chi connectivity index (χ1n) is 2.14. The summed E-state index contributed by atoms with van der Waals surface area (Å²) < 4.78 is 18.4. The first kappa shape index (κ1) is 8.51. The fourth-order valence-electron chi connectivity index (χ4n) is 0.0638. The average molecular weight is 153 g/mol. The standard InChI is InChI=1S/C3H7NO4S/c1-3(2,4(5)6)9(7)8/h1-2H3,(H,7,8). The van der Waals surface area contributed by atoms with Gasteiger partial charge >= 0.3 is 4.87 Å². The zero-order valence-corrected chi connectivity index (χ0v) is 5.84. The quantitative estimate of drug-likeness (QED) is 0.349. The molecule has 0 aromatic rings. The van der Waals surface area contributed by atoms with Gasteiger partial charge in [0.15, 0.2) is 0 Å². The molecule has 0 amide bonds. The highest BCUT2D eigenvalue weighted by Gasteiger charge is 2.37. The fraction of sp³-hybridized carbons (Fsp3) is 1.00. The first-order valence-corrected chi connectivity index (χ1v) is 3.25. The second-order valence-corrected chi connectivity index (χ2v) is 3.45. The number of rotatable bonds is 2. The lowest BCUT2D eigenvalue weighted by Gasteiger charge is -2.08. The second-order valence-electron chi connectivity index (χ2n) is 1.95. The van der Waals surface area contributed by atoms with Crippen molar-refractivity contribution in [2.45, 2.75) is 18.7 Å². The summed E-state index contributed by atoms with van der Waals surface area (Å²) in [5.41, 5.74) is 0. The van der Waals surface area contributed by atoms with Crippen LogP contribution in [0.25, 0.3) is 0 Å². The lowest BCUT2D eigenvalue weighted by atomic mass is 10.4. The smallest absolute Gasteiger partial charge is 0.301 e. The van der Waals surface area contributed by atoms with E-state index in [4.69, 9.17) is 4.55 Å². The van der Waals surface area contributed by atoms with Crippen LogP contribution in [0.5, 0.6) is 0 Å². The zero-order valence-electron chi connectivity index (χ0n) is 5.03. The van der Waals surface area contributed by atoms with Crippen LogP contribution in [0.2, 0.25) is 0 Å². The van der Waals surface area contributed by atoms with Crippen LogP contribution >= 0.6 is 0 Å². The molecule has 0 saturated heterocycles. The summed E-state index contributed by atoms with van der Waals surface area (Å²) in [5, 5.41) is 9.91. The van der Waals surface area contributed by atoms with Crippen LogP contribution in [0.3, 0.4) is 0 Å². The summed E-state index contributed by atoms with van der Waals surface area (Å²) in [4.78, 5) is 7.38. The Hall–Kier alpha value is -0.490. The Morgan fingerprint density at radius 3 is 2.00 bits per heavy atom. The van der Waals surface area contributed by atoms with Gasteiger partial charge in [0, 0.05) is 18.8 Å². The van der Waals surface area contributed by atoms with Crippen LogP contribution in [-0.2, 0) is 11.1 Å². The number of nitrogens with zero attached hydrogens (tertiary/aromatic N) is 1. The lowest BCUT2D eigenvalue weighted by Crippen LogP contribution is -2.35. The summed E-state index contributed by atoms with van der Waals surface area (Å²) in [6.07, 6.45) is 0. The van der Waals surface area contributed by atoms with Crippen molar-refractivity contribution in [1.82, 2.24) is 0 Å². The van der Waals surface area contributed by atoms with Gasteiger partial charge in [-0.25, -0.2) is 4.21 Å². The van der Waals surface area contributed by atoms with Crippen LogP contribution in [-0.4, -0.2) is 18.6 Å². The van der Waals surface area contributed by atoms with Crippen LogP contribution in [0, 0.1) is 10.1 Å². The molecule has 0 aromatic heterocycles. The molecule has 0 aliphatic heterocycles. The Balaban J connectivity index is 4.38. The molecule has 0 radical (unpaired) electrons. The third kappa shape index (κ3) is 1.72.